The number of aromatic amines is 1. The maximum Gasteiger partial charge on any atom is 0.336 e. The van der Waals surface area contributed by atoms with Crippen LogP contribution in [0.25, 0.3) is 22.0 Å². The fourth-order valence-electron chi connectivity index (χ4n) is 2.26. The van der Waals surface area contributed by atoms with Gasteiger partial charge in [-0.15, -0.1) is 0 Å². The summed E-state index contributed by atoms with van der Waals surface area (Å²) in [6, 6.07) is 15.6. The lowest BCUT2D eigenvalue weighted by Gasteiger charge is -2.07. The number of carboxylic acid groups (broad SMARTS) is 1. The lowest BCUT2D eigenvalue weighted by atomic mass is 10.0. The number of carboxylic acids is 1. The SMILES string of the molecule is O=C(O)c1ccccc1-c1cc2ccccc2c(=O)[nH]1. The van der Waals surface area contributed by atoms with Crippen LogP contribution in [0.4, 0.5) is 0 Å². The average molecular weight is 265 g/mol. The van der Waals surface area contributed by atoms with Crippen molar-refractivity contribution in [2.24, 2.45) is 0 Å². The smallest absolute Gasteiger partial charge is 0.336 e. The monoisotopic (exact) mass is 265 g/mol. The summed E-state index contributed by atoms with van der Waals surface area (Å²) < 4.78 is 0. The van der Waals surface area contributed by atoms with Crippen molar-refractivity contribution in [3.63, 3.8) is 0 Å². The second-order valence-corrected chi connectivity index (χ2v) is 4.45. The van der Waals surface area contributed by atoms with Crippen LogP contribution in [0.1, 0.15) is 10.4 Å². The molecular weight excluding hydrogens is 254 g/mol. The highest BCUT2D eigenvalue weighted by molar-refractivity contribution is 5.96. The van der Waals surface area contributed by atoms with Gasteiger partial charge in [0.15, 0.2) is 0 Å². The van der Waals surface area contributed by atoms with Crippen molar-refractivity contribution in [1.82, 2.24) is 4.98 Å². The van der Waals surface area contributed by atoms with Crippen molar-refractivity contribution >= 4 is 16.7 Å². The summed E-state index contributed by atoms with van der Waals surface area (Å²) in [6.07, 6.45) is 0. The van der Waals surface area contributed by atoms with Crippen LogP contribution in [0, 0.1) is 0 Å². The molecule has 0 aliphatic rings. The van der Waals surface area contributed by atoms with E-state index in [1.807, 2.05) is 12.1 Å². The molecule has 0 aliphatic carbocycles. The van der Waals surface area contributed by atoms with Crippen LogP contribution in [0.2, 0.25) is 0 Å². The highest BCUT2D eigenvalue weighted by Crippen LogP contribution is 2.23. The lowest BCUT2D eigenvalue weighted by molar-refractivity contribution is 0.0697. The van der Waals surface area contributed by atoms with Gasteiger partial charge in [-0.1, -0.05) is 36.4 Å². The van der Waals surface area contributed by atoms with Gasteiger partial charge >= 0.3 is 5.97 Å². The summed E-state index contributed by atoms with van der Waals surface area (Å²) in [6.45, 7) is 0. The molecule has 0 unspecified atom stereocenters. The number of aromatic carboxylic acids is 1. The first-order valence-electron chi connectivity index (χ1n) is 6.11. The highest BCUT2D eigenvalue weighted by Gasteiger charge is 2.12. The minimum absolute atomic E-state index is 0.165. The number of fused-ring (bicyclic) bond motifs is 1. The molecular formula is C16H11NO3. The molecule has 0 spiro atoms. The molecule has 2 N–H and O–H groups in total. The molecule has 0 radical (unpaired) electrons. The van der Waals surface area contributed by atoms with Crippen molar-refractivity contribution < 1.29 is 9.90 Å². The first-order chi connectivity index (χ1) is 9.66. The maximum atomic E-state index is 12.1. The van der Waals surface area contributed by atoms with Gasteiger partial charge in [-0.3, -0.25) is 4.79 Å². The summed E-state index contributed by atoms with van der Waals surface area (Å²) in [4.78, 5) is 26.0. The van der Waals surface area contributed by atoms with E-state index in [9.17, 15) is 14.7 Å². The number of rotatable bonds is 2. The molecule has 0 aliphatic heterocycles. The van der Waals surface area contributed by atoms with Crippen molar-refractivity contribution in [2.45, 2.75) is 0 Å². The summed E-state index contributed by atoms with van der Waals surface area (Å²) in [7, 11) is 0. The lowest BCUT2D eigenvalue weighted by Crippen LogP contribution is -2.08. The first kappa shape index (κ1) is 12.2. The molecule has 0 fully saturated rings. The molecule has 0 saturated heterocycles. The molecule has 98 valence electrons. The quantitative estimate of drug-likeness (QED) is 0.748. The maximum absolute atomic E-state index is 12.1. The van der Waals surface area contributed by atoms with Gasteiger partial charge in [0, 0.05) is 16.6 Å². The third-order valence-electron chi connectivity index (χ3n) is 3.20. The Balaban J connectivity index is 2.31. The molecule has 1 aromatic heterocycles. The van der Waals surface area contributed by atoms with E-state index in [4.69, 9.17) is 0 Å². The highest BCUT2D eigenvalue weighted by atomic mass is 16.4. The largest absolute Gasteiger partial charge is 0.478 e. The Hall–Kier alpha value is -2.88. The predicted octanol–water partition coefficient (Wildman–Crippen LogP) is 2.89. The Morgan fingerprint density at radius 3 is 2.50 bits per heavy atom. The minimum Gasteiger partial charge on any atom is -0.478 e. The van der Waals surface area contributed by atoms with Gasteiger partial charge in [0.1, 0.15) is 0 Å². The number of carbonyl (C=O) groups is 1. The van der Waals surface area contributed by atoms with Crippen LogP contribution in [0.15, 0.2) is 59.4 Å². The Morgan fingerprint density at radius 1 is 1.00 bits per heavy atom. The third-order valence-corrected chi connectivity index (χ3v) is 3.20. The van der Waals surface area contributed by atoms with Gasteiger partial charge < -0.3 is 10.1 Å². The molecule has 4 heteroatoms. The summed E-state index contributed by atoms with van der Waals surface area (Å²) in [5.41, 5.74) is 0.950. The van der Waals surface area contributed by atoms with Crippen molar-refractivity contribution in [2.75, 3.05) is 0 Å². The zero-order valence-corrected chi connectivity index (χ0v) is 10.5. The van der Waals surface area contributed by atoms with Crippen LogP contribution >= 0.6 is 0 Å². The van der Waals surface area contributed by atoms with E-state index in [2.05, 4.69) is 4.98 Å². The van der Waals surface area contributed by atoms with Crippen LogP contribution in [-0.4, -0.2) is 16.1 Å². The van der Waals surface area contributed by atoms with Crippen LogP contribution in [-0.2, 0) is 0 Å². The fourth-order valence-corrected chi connectivity index (χ4v) is 2.26. The molecule has 4 nitrogen and oxygen atoms in total. The molecule has 0 saturated carbocycles. The Bertz CT molecular complexity index is 865. The van der Waals surface area contributed by atoms with Gasteiger partial charge in [0.05, 0.1) is 5.56 Å². The number of H-pyrrole nitrogens is 1. The molecule has 3 rings (SSSR count). The molecule has 20 heavy (non-hydrogen) atoms. The van der Waals surface area contributed by atoms with Gasteiger partial charge in [0.2, 0.25) is 0 Å². The van der Waals surface area contributed by atoms with E-state index in [-0.39, 0.29) is 11.1 Å². The number of hydrogen-bond donors (Lipinski definition) is 2. The first-order valence-corrected chi connectivity index (χ1v) is 6.11. The average Bonchev–Trinajstić information content (AvgIpc) is 2.47. The predicted molar refractivity (Wildman–Crippen MR) is 77.0 cm³/mol. The minimum atomic E-state index is -1.02. The van der Waals surface area contributed by atoms with E-state index >= 15 is 0 Å². The molecule has 1 heterocycles. The number of nitrogens with one attached hydrogen (secondary N) is 1. The summed E-state index contributed by atoms with van der Waals surface area (Å²) in [5, 5.41) is 10.6. The second kappa shape index (κ2) is 4.66. The van der Waals surface area contributed by atoms with E-state index in [0.717, 1.165) is 5.39 Å². The zero-order chi connectivity index (χ0) is 14.1. The summed E-state index contributed by atoms with van der Waals surface area (Å²) in [5.74, 6) is -1.02. The van der Waals surface area contributed by atoms with E-state index < -0.39 is 5.97 Å². The Morgan fingerprint density at radius 2 is 1.70 bits per heavy atom. The molecule has 2 aromatic carbocycles. The van der Waals surface area contributed by atoms with Gasteiger partial charge in [0.25, 0.3) is 5.56 Å². The molecule has 0 bridgehead atoms. The Kier molecular flexibility index (Phi) is 2.84. The zero-order valence-electron chi connectivity index (χ0n) is 10.5. The van der Waals surface area contributed by atoms with Crippen molar-refractivity contribution in [3.8, 4) is 11.3 Å². The molecule has 0 amide bonds. The van der Waals surface area contributed by atoms with E-state index in [0.29, 0.717) is 16.6 Å². The number of hydrogen-bond acceptors (Lipinski definition) is 2. The number of pyridine rings is 1. The molecule has 3 aromatic rings. The van der Waals surface area contributed by atoms with Crippen LogP contribution < -0.4 is 5.56 Å². The third kappa shape index (κ3) is 1.97. The fraction of sp³-hybridized carbons (Fsp3) is 0. The van der Waals surface area contributed by atoms with Crippen molar-refractivity contribution in [3.05, 3.63) is 70.5 Å². The topological polar surface area (TPSA) is 70.2 Å². The molecule has 0 atom stereocenters. The number of benzene rings is 2. The van der Waals surface area contributed by atoms with Crippen LogP contribution in [0.3, 0.4) is 0 Å². The Labute approximate surface area is 114 Å². The van der Waals surface area contributed by atoms with Crippen molar-refractivity contribution in [1.29, 1.82) is 0 Å². The van der Waals surface area contributed by atoms with E-state index in [1.165, 1.54) is 6.07 Å². The second-order valence-electron chi connectivity index (χ2n) is 4.45. The van der Waals surface area contributed by atoms with Gasteiger partial charge in [-0.2, -0.15) is 0 Å². The van der Waals surface area contributed by atoms with Gasteiger partial charge in [-0.25, -0.2) is 4.79 Å². The normalized spacial score (nSPS) is 10.6. The summed E-state index contributed by atoms with van der Waals surface area (Å²) >= 11 is 0. The van der Waals surface area contributed by atoms with E-state index in [1.54, 1.807) is 36.4 Å². The number of aromatic nitrogens is 1. The van der Waals surface area contributed by atoms with Gasteiger partial charge in [-0.05, 0) is 23.6 Å². The standard InChI is InChI=1S/C16H11NO3/c18-15-11-6-2-1-5-10(11)9-14(17-15)12-7-3-4-8-13(12)16(19)20/h1-9H,(H,17,18)(H,19,20). The van der Waals surface area contributed by atoms with Crippen LogP contribution in [0.5, 0.6) is 0 Å².